The molecule has 0 spiro atoms. The van der Waals surface area contributed by atoms with Crippen molar-refractivity contribution in [2.75, 3.05) is 41.6 Å². The topological polar surface area (TPSA) is 205 Å². The van der Waals surface area contributed by atoms with Crippen LogP contribution in [0.1, 0.15) is 44.9 Å². The average Bonchev–Trinajstić information content (AvgIpc) is 3.94. The first kappa shape index (κ1) is 38.8. The highest BCUT2D eigenvalue weighted by molar-refractivity contribution is 6.04. The molecule has 5 heterocycles. The molecule has 0 fully saturated rings. The Morgan fingerprint density at radius 3 is 2.02 bits per heavy atom. The highest BCUT2D eigenvalue weighted by Crippen LogP contribution is 2.37. The van der Waals surface area contributed by atoms with E-state index in [9.17, 15) is 19.2 Å². The smallest absolute Gasteiger partial charge is 0.338 e. The molecule has 0 saturated carbocycles. The number of imidazole rings is 2. The Morgan fingerprint density at radius 1 is 0.768 bits per heavy atom. The van der Waals surface area contributed by atoms with Crippen molar-refractivity contribution in [2.45, 2.75) is 26.9 Å². The van der Waals surface area contributed by atoms with E-state index in [1.807, 2.05) is 23.0 Å². The maximum absolute atomic E-state index is 13.3. The Morgan fingerprint density at radius 2 is 1.36 bits per heavy atom. The van der Waals surface area contributed by atoms with E-state index in [4.69, 9.17) is 38.2 Å². The molecule has 4 bridgehead atoms. The van der Waals surface area contributed by atoms with Gasteiger partial charge in [-0.05, 0) is 67.7 Å². The second-order valence-electron chi connectivity index (χ2n) is 11.8. The molecule has 290 valence electrons. The molecule has 0 saturated heterocycles. The maximum Gasteiger partial charge on any atom is 0.338 e. The predicted molar refractivity (Wildman–Crippen MR) is 208 cm³/mol. The monoisotopic (exact) mass is 764 g/mol. The standard InChI is InChI=1S/C37H29N5O10.C2H6.CH5N/c1-47-31-19(18-43)4-10-27-29(31)38-33-22-7-5-21(17-26(22)37(46)49-3)51-15-14-50-20-6-8-23(36(45)48-2)25(16-20)34-39-30-28(42(34)13-12-41(27)33)11-9-24-32(30)52-40-35(24)44;2*1-2/h4-11,16-18H,12-15H2,1-3H3,(H,40,44);1-2H3;2H2,1H3. The Bertz CT molecular complexity index is 2650. The van der Waals surface area contributed by atoms with Crippen molar-refractivity contribution < 1.29 is 42.6 Å². The number of rotatable bonds is 4. The van der Waals surface area contributed by atoms with Crippen LogP contribution < -0.4 is 25.5 Å². The van der Waals surface area contributed by atoms with Gasteiger partial charge in [-0.3, -0.25) is 9.59 Å². The lowest BCUT2D eigenvalue weighted by atomic mass is 10.1. The Balaban J connectivity index is 0.00000129. The van der Waals surface area contributed by atoms with E-state index in [0.717, 1.165) is 0 Å². The number of ether oxygens (including phenoxy) is 5. The van der Waals surface area contributed by atoms with E-state index in [0.29, 0.717) is 73.6 Å². The van der Waals surface area contributed by atoms with Crippen molar-refractivity contribution in [2.24, 2.45) is 5.73 Å². The molecule has 16 nitrogen and oxygen atoms in total. The van der Waals surface area contributed by atoms with Crippen molar-refractivity contribution in [3.63, 3.8) is 0 Å². The number of carbonyl (C=O) groups excluding carboxylic acids is 3. The molecule has 3 N–H and O–H groups in total. The van der Waals surface area contributed by atoms with Crippen molar-refractivity contribution >= 4 is 51.3 Å². The van der Waals surface area contributed by atoms with Crippen LogP contribution in [0.15, 0.2) is 70.0 Å². The number of nitrogens with zero attached hydrogens (tertiary/aromatic N) is 4. The van der Waals surface area contributed by atoms with Crippen LogP contribution in [0.4, 0.5) is 0 Å². The first-order valence-electron chi connectivity index (χ1n) is 17.7. The van der Waals surface area contributed by atoms with Gasteiger partial charge in [0.05, 0.1) is 54.4 Å². The van der Waals surface area contributed by atoms with Crippen LogP contribution in [0.5, 0.6) is 17.2 Å². The number of aromatic nitrogens is 5. The number of aromatic amines is 1. The van der Waals surface area contributed by atoms with Gasteiger partial charge >= 0.3 is 11.9 Å². The van der Waals surface area contributed by atoms with Gasteiger partial charge in [-0.15, -0.1) is 0 Å². The van der Waals surface area contributed by atoms with Crippen LogP contribution in [-0.2, 0) is 22.6 Å². The van der Waals surface area contributed by atoms with Gasteiger partial charge in [0, 0.05) is 24.2 Å². The van der Waals surface area contributed by atoms with E-state index >= 15 is 0 Å². The minimum absolute atomic E-state index is 0.112. The number of fused-ring (bicyclic) bond motifs is 10. The number of aryl methyl sites for hydroxylation is 2. The van der Waals surface area contributed by atoms with E-state index in [1.165, 1.54) is 28.4 Å². The molecule has 2 aliphatic rings. The van der Waals surface area contributed by atoms with Gasteiger partial charge in [-0.1, -0.05) is 13.8 Å². The summed E-state index contributed by atoms with van der Waals surface area (Å²) in [6.07, 6.45) is 0.688. The fourth-order valence-electron chi connectivity index (χ4n) is 6.65. The molecule has 0 amide bonds. The molecule has 4 aromatic carbocycles. The lowest BCUT2D eigenvalue weighted by molar-refractivity contribution is 0.0592. The first-order valence-corrected chi connectivity index (χ1v) is 17.7. The number of methoxy groups -OCH3 is 3. The van der Waals surface area contributed by atoms with Gasteiger partial charge in [0.1, 0.15) is 47.4 Å². The van der Waals surface area contributed by atoms with Gasteiger partial charge in [-0.25, -0.2) is 19.6 Å². The Hall–Kier alpha value is -6.94. The summed E-state index contributed by atoms with van der Waals surface area (Å²) in [4.78, 5) is 60.9. The number of hydrogen-bond donors (Lipinski definition) is 2. The SMILES string of the molecule is CC.CN.COC(=O)c1cc2ccc1-c1nc3c(OC)c(C=O)ccc3n1CCn1c(nc3c4o[nH]c(=O)c4ccc31)-c1cc(ccc1C(=O)OC)OCCO2. The summed E-state index contributed by atoms with van der Waals surface area (Å²) < 4.78 is 37.4. The van der Waals surface area contributed by atoms with E-state index in [2.05, 4.69) is 10.9 Å². The van der Waals surface area contributed by atoms with Crippen molar-refractivity contribution in [1.82, 2.24) is 24.3 Å². The molecule has 2 aliphatic heterocycles. The summed E-state index contributed by atoms with van der Waals surface area (Å²) in [7, 11) is 5.54. The fraction of sp³-hybridized carbons (Fsp3) is 0.250. The molecular formula is C40H40N6O10. The molecule has 0 radical (unpaired) electrons. The zero-order valence-electron chi connectivity index (χ0n) is 31.6. The van der Waals surface area contributed by atoms with E-state index in [1.54, 1.807) is 60.7 Å². The predicted octanol–water partition coefficient (Wildman–Crippen LogP) is 5.62. The molecule has 56 heavy (non-hydrogen) atoms. The number of hydrogen-bond acceptors (Lipinski definition) is 13. The van der Waals surface area contributed by atoms with E-state index in [-0.39, 0.29) is 48.8 Å². The normalized spacial score (nSPS) is 12.1. The summed E-state index contributed by atoms with van der Waals surface area (Å²) in [5.74, 6) is 0.649. The number of aldehydes is 1. The van der Waals surface area contributed by atoms with Gasteiger partial charge in [0.25, 0.3) is 5.56 Å². The summed E-state index contributed by atoms with van der Waals surface area (Å²) in [5.41, 5.74) is 7.91. The maximum atomic E-state index is 13.3. The summed E-state index contributed by atoms with van der Waals surface area (Å²) >= 11 is 0. The highest BCUT2D eigenvalue weighted by Gasteiger charge is 2.26. The van der Waals surface area contributed by atoms with Crippen LogP contribution in [0, 0.1) is 0 Å². The van der Waals surface area contributed by atoms with Crippen molar-refractivity contribution in [1.29, 1.82) is 0 Å². The number of benzene rings is 4. The van der Waals surface area contributed by atoms with Gasteiger partial charge in [0.2, 0.25) is 0 Å². The van der Waals surface area contributed by atoms with Crippen LogP contribution in [0.3, 0.4) is 0 Å². The number of esters is 2. The first-order chi connectivity index (χ1) is 27.3. The minimum Gasteiger partial charge on any atom is -0.494 e. The van der Waals surface area contributed by atoms with Crippen molar-refractivity contribution in [3.05, 3.63) is 87.7 Å². The summed E-state index contributed by atoms with van der Waals surface area (Å²) in [6.45, 7) is 4.68. The second-order valence-corrected chi connectivity index (χ2v) is 11.8. The molecule has 0 aliphatic carbocycles. The van der Waals surface area contributed by atoms with Gasteiger partial charge in [-0.2, -0.15) is 5.16 Å². The quantitative estimate of drug-likeness (QED) is 0.165. The van der Waals surface area contributed by atoms with Crippen LogP contribution in [0.2, 0.25) is 0 Å². The number of nitrogens with one attached hydrogen (secondary N) is 1. The largest absolute Gasteiger partial charge is 0.494 e. The Kier molecular flexibility index (Phi) is 11.5. The van der Waals surface area contributed by atoms with Gasteiger partial charge < -0.3 is 43.1 Å². The van der Waals surface area contributed by atoms with Crippen LogP contribution >= 0.6 is 0 Å². The average molecular weight is 765 g/mol. The molecular weight excluding hydrogens is 724 g/mol. The fourth-order valence-corrected chi connectivity index (χ4v) is 6.65. The molecule has 16 heteroatoms. The summed E-state index contributed by atoms with van der Waals surface area (Å²) in [5, 5.41) is 2.69. The summed E-state index contributed by atoms with van der Waals surface area (Å²) in [6, 6.07) is 16.8. The van der Waals surface area contributed by atoms with Crippen LogP contribution in [0.25, 0.3) is 55.8 Å². The third-order valence-electron chi connectivity index (χ3n) is 9.04. The van der Waals surface area contributed by atoms with Crippen molar-refractivity contribution in [3.8, 4) is 40.0 Å². The van der Waals surface area contributed by atoms with Gasteiger partial charge in [0.15, 0.2) is 17.6 Å². The second kappa shape index (κ2) is 16.6. The third-order valence-corrected chi connectivity index (χ3v) is 9.04. The zero-order valence-corrected chi connectivity index (χ0v) is 31.6. The number of nitrogens with two attached hydrogens (primary N) is 1. The highest BCUT2D eigenvalue weighted by atomic mass is 16.5. The lowest BCUT2D eigenvalue weighted by Crippen LogP contribution is -2.13. The lowest BCUT2D eigenvalue weighted by Gasteiger charge is -2.16. The molecule has 0 unspecified atom stereocenters. The molecule has 9 rings (SSSR count). The molecule has 0 atom stereocenters. The third kappa shape index (κ3) is 6.70. The van der Waals surface area contributed by atoms with E-state index < -0.39 is 17.5 Å². The molecule has 3 aromatic heterocycles. The number of carbonyl (C=O) groups is 3. The zero-order chi connectivity index (χ0) is 40.1. The van der Waals surface area contributed by atoms with Crippen LogP contribution in [-0.4, -0.2) is 84.1 Å². The molecule has 7 aromatic rings. The number of H-pyrrole nitrogens is 1. The minimum atomic E-state index is -0.611. The Labute approximate surface area is 319 Å².